The van der Waals surface area contributed by atoms with Gasteiger partial charge in [-0.15, -0.1) is 12.6 Å². The lowest BCUT2D eigenvalue weighted by Gasteiger charge is -2.00. The van der Waals surface area contributed by atoms with Crippen molar-refractivity contribution in [1.29, 1.82) is 0 Å². The van der Waals surface area contributed by atoms with E-state index >= 15 is 0 Å². The summed E-state index contributed by atoms with van der Waals surface area (Å²) in [5, 5.41) is -0.407. The molecule has 1 heterocycles. The number of hydrogen-bond acceptors (Lipinski definition) is 4. The molecular formula is C7H9N3OS. The van der Waals surface area contributed by atoms with Crippen LogP contribution in [0.1, 0.15) is 23.1 Å². The van der Waals surface area contributed by atoms with Crippen LogP contribution < -0.4 is 5.73 Å². The Morgan fingerprint density at radius 1 is 1.75 bits per heavy atom. The van der Waals surface area contributed by atoms with Crippen LogP contribution in [0.5, 0.6) is 0 Å². The molecule has 0 saturated heterocycles. The molecule has 5 heteroatoms. The van der Waals surface area contributed by atoms with Crippen LogP contribution >= 0.6 is 12.6 Å². The lowest BCUT2D eigenvalue weighted by molar-refractivity contribution is 0.109. The lowest BCUT2D eigenvalue weighted by Crippen LogP contribution is -2.05. The van der Waals surface area contributed by atoms with Gasteiger partial charge in [0.1, 0.15) is 11.6 Å². The van der Waals surface area contributed by atoms with Crippen molar-refractivity contribution < 1.29 is 4.79 Å². The van der Waals surface area contributed by atoms with Crippen molar-refractivity contribution in [2.24, 2.45) is 0 Å². The van der Waals surface area contributed by atoms with Gasteiger partial charge in [0, 0.05) is 12.6 Å². The van der Waals surface area contributed by atoms with Gasteiger partial charge >= 0.3 is 0 Å². The molecule has 0 atom stereocenters. The van der Waals surface area contributed by atoms with Gasteiger partial charge in [0.25, 0.3) is 0 Å². The van der Waals surface area contributed by atoms with Crippen molar-refractivity contribution in [2.75, 3.05) is 5.73 Å². The average Bonchev–Trinajstić information content (AvgIpc) is 2.03. The van der Waals surface area contributed by atoms with E-state index in [1.807, 2.05) is 6.92 Å². The Morgan fingerprint density at radius 2 is 2.42 bits per heavy atom. The Balaban J connectivity index is 3.12. The second kappa shape index (κ2) is 3.53. The largest absolute Gasteiger partial charge is 0.383 e. The first kappa shape index (κ1) is 8.99. The summed E-state index contributed by atoms with van der Waals surface area (Å²) in [5.41, 5.74) is 5.74. The van der Waals surface area contributed by atoms with E-state index < -0.39 is 5.12 Å². The predicted molar refractivity (Wildman–Crippen MR) is 49.1 cm³/mol. The first-order valence-corrected chi connectivity index (χ1v) is 3.94. The van der Waals surface area contributed by atoms with Crippen LogP contribution in [0.3, 0.4) is 0 Å². The maximum atomic E-state index is 10.8. The van der Waals surface area contributed by atoms with Crippen LogP contribution in [0.4, 0.5) is 5.82 Å². The maximum absolute atomic E-state index is 10.8. The first-order chi connectivity index (χ1) is 5.65. The minimum absolute atomic E-state index is 0.196. The second-order valence-corrected chi connectivity index (χ2v) is 2.65. The zero-order valence-electron chi connectivity index (χ0n) is 6.61. The molecule has 1 aromatic rings. The number of aromatic nitrogens is 2. The number of aryl methyl sites for hydroxylation is 1. The van der Waals surface area contributed by atoms with E-state index in [0.29, 0.717) is 12.2 Å². The summed E-state index contributed by atoms with van der Waals surface area (Å²) in [6, 6.07) is 0. The number of rotatable bonds is 2. The molecule has 0 bridgehead atoms. The van der Waals surface area contributed by atoms with Crippen LogP contribution in [-0.2, 0) is 6.42 Å². The number of anilines is 1. The Bertz CT molecular complexity index is 314. The summed E-state index contributed by atoms with van der Waals surface area (Å²) in [6.45, 7) is 1.91. The highest BCUT2D eigenvalue weighted by Gasteiger charge is 2.07. The SMILES string of the molecule is CCc1ncc(C(=O)S)c(N)n1. The monoisotopic (exact) mass is 183 g/mol. The van der Waals surface area contributed by atoms with Gasteiger partial charge < -0.3 is 5.73 Å². The fourth-order valence-electron chi connectivity index (χ4n) is 0.768. The summed E-state index contributed by atoms with van der Waals surface area (Å²) in [7, 11) is 0. The van der Waals surface area contributed by atoms with Gasteiger partial charge in [0.2, 0.25) is 5.12 Å². The van der Waals surface area contributed by atoms with Gasteiger partial charge in [-0.2, -0.15) is 0 Å². The van der Waals surface area contributed by atoms with Crippen molar-refractivity contribution in [3.8, 4) is 0 Å². The molecule has 1 aromatic heterocycles. The third kappa shape index (κ3) is 1.73. The Kier molecular flexibility index (Phi) is 2.65. The minimum atomic E-state index is -0.407. The lowest BCUT2D eigenvalue weighted by atomic mass is 10.3. The molecule has 2 N–H and O–H groups in total. The quantitative estimate of drug-likeness (QED) is 0.662. The molecule has 12 heavy (non-hydrogen) atoms. The van der Waals surface area contributed by atoms with Crippen molar-refractivity contribution in [2.45, 2.75) is 13.3 Å². The van der Waals surface area contributed by atoms with Gasteiger partial charge in [-0.1, -0.05) is 6.92 Å². The van der Waals surface area contributed by atoms with Crippen molar-refractivity contribution in [1.82, 2.24) is 9.97 Å². The normalized spacial score (nSPS) is 9.83. The number of thiol groups is 1. The molecule has 0 aromatic carbocycles. The van der Waals surface area contributed by atoms with Crippen LogP contribution in [0.15, 0.2) is 6.20 Å². The molecule has 0 fully saturated rings. The average molecular weight is 183 g/mol. The van der Waals surface area contributed by atoms with E-state index in [9.17, 15) is 4.79 Å². The highest BCUT2D eigenvalue weighted by Crippen LogP contribution is 2.09. The van der Waals surface area contributed by atoms with Crippen molar-refractivity contribution >= 4 is 23.6 Å². The molecule has 0 amide bonds. The van der Waals surface area contributed by atoms with Crippen LogP contribution in [0.25, 0.3) is 0 Å². The molecule has 0 aliphatic heterocycles. The van der Waals surface area contributed by atoms with Crippen LogP contribution in [0, 0.1) is 0 Å². The molecule has 0 radical (unpaired) electrons. The standard InChI is InChI=1S/C7H9N3OS/c1-2-5-9-3-4(7(11)12)6(8)10-5/h3H,2H2,1H3,(H,11,12)(H2,8,9,10). The van der Waals surface area contributed by atoms with Gasteiger partial charge in [0.15, 0.2) is 0 Å². The van der Waals surface area contributed by atoms with Crippen LogP contribution in [-0.4, -0.2) is 15.1 Å². The molecule has 0 unspecified atom stereocenters. The molecule has 0 saturated carbocycles. The maximum Gasteiger partial charge on any atom is 0.221 e. The molecular weight excluding hydrogens is 174 g/mol. The Labute approximate surface area is 75.6 Å². The first-order valence-electron chi connectivity index (χ1n) is 3.49. The summed E-state index contributed by atoms with van der Waals surface area (Å²) in [4.78, 5) is 18.6. The molecule has 0 spiro atoms. The number of carbonyl (C=O) groups excluding carboxylic acids is 1. The van der Waals surface area contributed by atoms with E-state index in [4.69, 9.17) is 5.73 Å². The van der Waals surface area contributed by atoms with Gasteiger partial charge in [-0.05, 0) is 0 Å². The third-order valence-corrected chi connectivity index (χ3v) is 1.66. The number of nitrogen functional groups attached to an aromatic ring is 1. The van der Waals surface area contributed by atoms with E-state index in [0.717, 1.165) is 0 Å². The summed E-state index contributed by atoms with van der Waals surface area (Å²) < 4.78 is 0. The van der Waals surface area contributed by atoms with E-state index in [-0.39, 0.29) is 11.4 Å². The highest BCUT2D eigenvalue weighted by atomic mass is 32.1. The third-order valence-electron chi connectivity index (χ3n) is 1.41. The Morgan fingerprint density at radius 3 is 2.83 bits per heavy atom. The van der Waals surface area contributed by atoms with E-state index in [1.165, 1.54) is 6.20 Å². The number of nitrogens with two attached hydrogens (primary N) is 1. The van der Waals surface area contributed by atoms with Crippen molar-refractivity contribution in [3.63, 3.8) is 0 Å². The number of nitrogens with zero attached hydrogens (tertiary/aromatic N) is 2. The van der Waals surface area contributed by atoms with Gasteiger partial charge in [-0.3, -0.25) is 4.79 Å². The van der Waals surface area contributed by atoms with Crippen LogP contribution in [0.2, 0.25) is 0 Å². The Hall–Kier alpha value is -1.10. The minimum Gasteiger partial charge on any atom is -0.383 e. The summed E-state index contributed by atoms with van der Waals surface area (Å²) in [6.07, 6.45) is 2.10. The van der Waals surface area contributed by atoms with Gasteiger partial charge in [-0.25, -0.2) is 9.97 Å². The topological polar surface area (TPSA) is 68.9 Å². The zero-order valence-corrected chi connectivity index (χ0v) is 7.51. The predicted octanol–water partition coefficient (Wildman–Crippen LogP) is 0.691. The van der Waals surface area contributed by atoms with Crippen molar-refractivity contribution in [3.05, 3.63) is 17.6 Å². The second-order valence-electron chi connectivity index (χ2n) is 2.24. The zero-order chi connectivity index (χ0) is 9.14. The number of carbonyl (C=O) groups is 1. The summed E-state index contributed by atoms with van der Waals surface area (Å²) >= 11 is 3.62. The smallest absolute Gasteiger partial charge is 0.221 e. The number of hydrogen-bond donors (Lipinski definition) is 2. The molecule has 1 rings (SSSR count). The molecule has 64 valence electrons. The molecule has 0 aliphatic carbocycles. The summed E-state index contributed by atoms with van der Waals surface area (Å²) in [5.74, 6) is 0.827. The fraction of sp³-hybridized carbons (Fsp3) is 0.286. The fourth-order valence-corrected chi connectivity index (χ4v) is 0.941. The van der Waals surface area contributed by atoms with E-state index in [2.05, 4.69) is 22.6 Å². The van der Waals surface area contributed by atoms with Gasteiger partial charge in [0.05, 0.1) is 5.56 Å². The molecule has 4 nitrogen and oxygen atoms in total. The highest BCUT2D eigenvalue weighted by molar-refractivity contribution is 7.97. The molecule has 0 aliphatic rings. The van der Waals surface area contributed by atoms with E-state index in [1.54, 1.807) is 0 Å².